The van der Waals surface area contributed by atoms with Crippen LogP contribution in [0, 0.1) is 0 Å². The van der Waals surface area contributed by atoms with E-state index in [1.54, 1.807) is 0 Å². The Bertz CT molecular complexity index is 62.2. The van der Waals surface area contributed by atoms with E-state index in [4.69, 9.17) is 19.2 Å². The van der Waals surface area contributed by atoms with Gasteiger partial charge in [-0.25, -0.2) is 0 Å². The van der Waals surface area contributed by atoms with Crippen LogP contribution in [0.2, 0.25) is 0 Å². The molecule has 3 N–H and O–H groups in total. The average molecular weight is 143 g/mol. The molecule has 48 valence electrons. The Labute approximate surface area is 47.5 Å². The molecule has 0 amide bonds. The maximum Gasteiger partial charge on any atom is 3.00 e. The van der Waals surface area contributed by atoms with E-state index in [2.05, 4.69) is 0 Å². The largest absolute Gasteiger partial charge is 3.00 e. The van der Waals surface area contributed by atoms with Crippen LogP contribution in [0.15, 0.2) is 0 Å². The molecule has 5 nitrogen and oxygen atoms in total. The van der Waals surface area contributed by atoms with Crippen molar-refractivity contribution in [1.82, 2.24) is 6.15 Å². The quantitative estimate of drug-likeness (QED) is 0.288. The van der Waals surface area contributed by atoms with E-state index in [0.29, 0.717) is 0 Å². The van der Waals surface area contributed by atoms with Gasteiger partial charge in [-0.1, -0.05) is 0 Å². The second-order valence-electron chi connectivity index (χ2n) is 0.447. The zero-order valence-corrected chi connectivity index (χ0v) is 4.67. The molecule has 0 rings (SSSR count). The summed E-state index contributed by atoms with van der Waals surface area (Å²) in [4.78, 5) is 25.6. The van der Waals surface area contributed by atoms with Crippen LogP contribution in [0.3, 0.4) is 0 Å². The molecule has 0 aliphatic rings. The third-order valence-corrected chi connectivity index (χ3v) is 0. The Kier molecular flexibility index (Phi) is 21.5. The predicted octanol–water partition coefficient (Wildman–Crippen LogP) is -2.89. The standard InChI is InChI=1S/B.FH.H3N.H3O4P/c;;;1-5(2,3)4/h;1H;1H3;(H3,1,2,3,4)/q+3;;;/p-3. The summed E-state index contributed by atoms with van der Waals surface area (Å²) >= 11 is 0. The fourth-order valence-corrected chi connectivity index (χ4v) is 0. The molecule has 8 heavy (non-hydrogen) atoms. The average Bonchev–Trinajstić information content (AvgIpc) is 0.722. The summed E-state index contributed by atoms with van der Waals surface area (Å²) in [5, 5.41) is 0. The molecule has 0 aromatic rings. The van der Waals surface area contributed by atoms with Crippen LogP contribution >= 0.6 is 7.82 Å². The topological polar surface area (TPSA) is 121 Å². The summed E-state index contributed by atoms with van der Waals surface area (Å²) < 4.78 is 8.55. The number of hydrogen-bond acceptors (Lipinski definition) is 5. The molecule has 0 heterocycles. The van der Waals surface area contributed by atoms with Crippen LogP contribution in [-0.4, -0.2) is 8.41 Å². The van der Waals surface area contributed by atoms with Crippen LogP contribution in [0.25, 0.3) is 0 Å². The van der Waals surface area contributed by atoms with Crippen molar-refractivity contribution in [3.8, 4) is 0 Å². The van der Waals surface area contributed by atoms with Gasteiger partial charge in [-0.3, -0.25) is 4.70 Å². The summed E-state index contributed by atoms with van der Waals surface area (Å²) in [6, 6.07) is 0. The summed E-state index contributed by atoms with van der Waals surface area (Å²) in [5.74, 6) is 0. The Morgan fingerprint density at radius 1 is 1.12 bits per heavy atom. The molecule has 0 saturated heterocycles. The van der Waals surface area contributed by atoms with Gasteiger partial charge in [-0.2, -0.15) is 7.82 Å². The molecule has 0 aliphatic heterocycles. The van der Waals surface area contributed by atoms with Crippen molar-refractivity contribution >= 4 is 16.2 Å². The van der Waals surface area contributed by atoms with E-state index in [0.717, 1.165) is 0 Å². The fourth-order valence-electron chi connectivity index (χ4n) is 0. The van der Waals surface area contributed by atoms with E-state index >= 15 is 0 Å². The van der Waals surface area contributed by atoms with Crippen LogP contribution in [0.4, 0.5) is 4.70 Å². The molecule has 8 heteroatoms. The number of phosphoric acid groups is 1. The van der Waals surface area contributed by atoms with Gasteiger partial charge in [0.05, 0.1) is 0 Å². The van der Waals surface area contributed by atoms with Gasteiger partial charge in [0.25, 0.3) is 0 Å². The van der Waals surface area contributed by atoms with Crippen molar-refractivity contribution < 1.29 is 23.9 Å². The van der Waals surface area contributed by atoms with Gasteiger partial charge < -0.3 is 25.4 Å². The molecule has 0 aromatic carbocycles. The third kappa shape index (κ3) is 36900. The Hall–Kier alpha value is 0.0649. The summed E-state index contributed by atoms with van der Waals surface area (Å²) in [7, 11) is -5.39. The molecule has 0 bridgehead atoms. The van der Waals surface area contributed by atoms with Gasteiger partial charge in [0, 0.05) is 0 Å². The van der Waals surface area contributed by atoms with Crippen molar-refractivity contribution in [1.29, 1.82) is 0 Å². The Balaban J connectivity index is -0.0000000267. The molecule has 0 aromatic heterocycles. The van der Waals surface area contributed by atoms with Gasteiger partial charge >= 0.3 is 8.41 Å². The molecule has 0 spiro atoms. The van der Waals surface area contributed by atoms with Crippen LogP contribution < -0.4 is 20.8 Å². The van der Waals surface area contributed by atoms with Gasteiger partial charge in [-0.05, 0) is 0 Å². The first-order chi connectivity index (χ1) is 2.00. The van der Waals surface area contributed by atoms with Crippen molar-refractivity contribution in [3.63, 3.8) is 0 Å². The third-order valence-electron chi connectivity index (χ3n) is 0. The summed E-state index contributed by atoms with van der Waals surface area (Å²) in [5.41, 5.74) is 0. The number of rotatable bonds is 0. The minimum Gasteiger partial charge on any atom is -0.822 e. The molecule has 0 fully saturated rings. The Morgan fingerprint density at radius 3 is 1.12 bits per heavy atom. The summed E-state index contributed by atoms with van der Waals surface area (Å²) in [6.07, 6.45) is 0. The Morgan fingerprint density at radius 2 is 1.12 bits per heavy atom. The summed E-state index contributed by atoms with van der Waals surface area (Å²) in [6.45, 7) is 0. The second kappa shape index (κ2) is 7.06. The first-order valence-electron chi connectivity index (χ1n) is 0.730. The zero-order valence-electron chi connectivity index (χ0n) is 3.77. The van der Waals surface area contributed by atoms with E-state index in [1.165, 1.54) is 0 Å². The van der Waals surface area contributed by atoms with Crippen molar-refractivity contribution in [2.24, 2.45) is 0 Å². The maximum absolute atomic E-state index is 8.55. The van der Waals surface area contributed by atoms with E-state index in [1.807, 2.05) is 0 Å². The monoisotopic (exact) mass is 143 g/mol. The van der Waals surface area contributed by atoms with Crippen LogP contribution in [0.1, 0.15) is 0 Å². The van der Waals surface area contributed by atoms with Crippen molar-refractivity contribution in [2.45, 2.75) is 0 Å². The SMILES string of the molecule is F.N.O=P([O-])([O-])[O-].[B+3]. The van der Waals surface area contributed by atoms with Gasteiger partial charge in [-0.15, -0.1) is 0 Å². The van der Waals surface area contributed by atoms with Crippen molar-refractivity contribution in [2.75, 3.05) is 0 Å². The van der Waals surface area contributed by atoms with E-state index in [9.17, 15) is 0 Å². The molecule has 0 unspecified atom stereocenters. The minimum atomic E-state index is -5.39. The zero-order chi connectivity index (χ0) is 4.50. The second-order valence-corrected chi connectivity index (χ2v) is 1.34. The van der Waals surface area contributed by atoms with Gasteiger partial charge in [0.2, 0.25) is 0 Å². The first kappa shape index (κ1) is 24.4. The number of hydrogen-bond donors (Lipinski definition) is 1. The van der Waals surface area contributed by atoms with Crippen LogP contribution in [-0.2, 0) is 4.57 Å². The van der Waals surface area contributed by atoms with Crippen LogP contribution in [0.5, 0.6) is 0 Å². The fraction of sp³-hybridized carbons (Fsp3) is 0. The predicted molar refractivity (Wildman–Crippen MR) is 20.9 cm³/mol. The molecule has 0 saturated carbocycles. The minimum absolute atomic E-state index is 0. The van der Waals surface area contributed by atoms with E-state index < -0.39 is 7.82 Å². The first-order valence-corrected chi connectivity index (χ1v) is 2.19. The molecule has 0 radical (unpaired) electrons. The van der Waals surface area contributed by atoms with Gasteiger partial charge in [0.1, 0.15) is 0 Å². The van der Waals surface area contributed by atoms with E-state index in [-0.39, 0.29) is 19.3 Å². The normalized spacial score (nSPS) is 7.38. The maximum atomic E-state index is 8.55. The molecule has 0 atom stereocenters. The smallest absolute Gasteiger partial charge is 0.822 e. The van der Waals surface area contributed by atoms with Crippen molar-refractivity contribution in [3.05, 3.63) is 0 Å². The molecular weight excluding hydrogens is 139 g/mol. The molecular formula is H4BFNO4P. The number of halogens is 1. The van der Waals surface area contributed by atoms with Gasteiger partial charge in [0.15, 0.2) is 0 Å². The molecule has 0 aliphatic carbocycles.